The Balaban J connectivity index is 2.44. The summed E-state index contributed by atoms with van der Waals surface area (Å²) >= 11 is 0. The zero-order valence-electron chi connectivity index (χ0n) is 9.47. The molecule has 4 nitrogen and oxygen atoms in total. The molecule has 0 radical (unpaired) electrons. The van der Waals surface area contributed by atoms with Gasteiger partial charge in [-0.05, 0) is 11.6 Å². The van der Waals surface area contributed by atoms with Crippen LogP contribution in [-0.4, -0.2) is 16.9 Å². The van der Waals surface area contributed by atoms with Crippen molar-refractivity contribution in [3.05, 3.63) is 36.0 Å². The van der Waals surface area contributed by atoms with E-state index in [9.17, 15) is 0 Å². The molecule has 0 saturated heterocycles. The number of nitrogen functional groups attached to an aromatic ring is 1. The normalized spacial score (nSPS) is 10.6. The van der Waals surface area contributed by atoms with Gasteiger partial charge in [0.1, 0.15) is 0 Å². The van der Waals surface area contributed by atoms with Crippen LogP contribution < -0.4 is 5.73 Å². The van der Waals surface area contributed by atoms with Crippen molar-refractivity contribution in [3.63, 3.8) is 0 Å². The van der Waals surface area contributed by atoms with Gasteiger partial charge >= 0.3 is 0 Å². The molecule has 0 unspecified atom stereocenters. The lowest BCUT2D eigenvalue weighted by molar-refractivity contribution is 0.185. The molecule has 0 spiro atoms. The van der Waals surface area contributed by atoms with Crippen LogP contribution in [0.4, 0.5) is 5.69 Å². The van der Waals surface area contributed by atoms with Crippen molar-refractivity contribution in [3.8, 4) is 11.3 Å². The Labute approximate surface area is 94.6 Å². The highest BCUT2D eigenvalue weighted by Gasteiger charge is 2.08. The molecule has 1 heterocycles. The summed E-state index contributed by atoms with van der Waals surface area (Å²) in [6.07, 6.45) is 1.67. The number of nitrogens with zero attached hydrogens (tertiary/aromatic N) is 2. The molecule has 0 bridgehead atoms. The minimum absolute atomic E-state index is 0.603. The molecule has 1 aromatic heterocycles. The molecular weight excluding hydrogens is 202 g/mol. The predicted molar refractivity (Wildman–Crippen MR) is 63.8 cm³/mol. The lowest BCUT2D eigenvalue weighted by atomic mass is 10.1. The largest absolute Gasteiger partial charge is 0.396 e. The summed E-state index contributed by atoms with van der Waals surface area (Å²) in [6, 6.07) is 8.11. The minimum Gasteiger partial charge on any atom is -0.396 e. The van der Waals surface area contributed by atoms with Crippen LogP contribution >= 0.6 is 0 Å². The summed E-state index contributed by atoms with van der Waals surface area (Å²) in [5.41, 5.74) is 9.70. The Morgan fingerprint density at radius 2 is 2.25 bits per heavy atom. The quantitative estimate of drug-likeness (QED) is 0.853. The minimum atomic E-state index is 0.603. The molecule has 2 N–H and O–H groups in total. The maximum Gasteiger partial charge on any atom is 0.0908 e. The van der Waals surface area contributed by atoms with Crippen molar-refractivity contribution >= 4 is 5.69 Å². The first-order valence-electron chi connectivity index (χ1n) is 5.08. The van der Waals surface area contributed by atoms with E-state index in [1.165, 1.54) is 0 Å². The number of methoxy groups -OCH3 is 1. The average Bonchev–Trinajstić information content (AvgIpc) is 2.59. The van der Waals surface area contributed by atoms with Crippen LogP contribution in [0.2, 0.25) is 0 Å². The molecule has 0 fully saturated rings. The van der Waals surface area contributed by atoms with Gasteiger partial charge in [0.2, 0.25) is 0 Å². The molecule has 0 atom stereocenters. The third-order valence-corrected chi connectivity index (χ3v) is 2.48. The van der Waals surface area contributed by atoms with Gasteiger partial charge in [-0.25, -0.2) is 0 Å². The highest BCUT2D eigenvalue weighted by molar-refractivity contribution is 5.72. The average molecular weight is 217 g/mol. The lowest BCUT2D eigenvalue weighted by Crippen LogP contribution is -1.97. The molecule has 0 aliphatic heterocycles. The van der Waals surface area contributed by atoms with Crippen LogP contribution in [-0.2, 0) is 18.4 Å². The van der Waals surface area contributed by atoms with Gasteiger partial charge in [0.25, 0.3) is 0 Å². The summed E-state index contributed by atoms with van der Waals surface area (Å²) in [5, 5.41) is 4.13. The van der Waals surface area contributed by atoms with E-state index < -0.39 is 0 Å². The van der Waals surface area contributed by atoms with Crippen molar-refractivity contribution in [2.75, 3.05) is 12.8 Å². The van der Waals surface area contributed by atoms with Gasteiger partial charge in [0.05, 0.1) is 24.2 Å². The summed E-state index contributed by atoms with van der Waals surface area (Å²) in [5.74, 6) is 0. The lowest BCUT2D eigenvalue weighted by Gasteiger charge is -2.06. The smallest absolute Gasteiger partial charge is 0.0908 e. The van der Waals surface area contributed by atoms with Gasteiger partial charge in [0.15, 0.2) is 0 Å². The number of hydrogen-bond acceptors (Lipinski definition) is 3. The van der Waals surface area contributed by atoms with Crippen LogP contribution in [0, 0.1) is 0 Å². The van der Waals surface area contributed by atoms with Gasteiger partial charge in [0, 0.05) is 19.7 Å². The molecule has 0 aliphatic rings. The fourth-order valence-corrected chi connectivity index (χ4v) is 1.78. The first kappa shape index (κ1) is 10.7. The SMILES string of the molecule is COCc1cccc(-c2c(N)cnn2C)c1. The number of rotatable bonds is 3. The zero-order valence-corrected chi connectivity index (χ0v) is 9.47. The van der Waals surface area contributed by atoms with Crippen molar-refractivity contribution in [1.82, 2.24) is 9.78 Å². The Hall–Kier alpha value is -1.81. The van der Waals surface area contributed by atoms with E-state index in [1.807, 2.05) is 25.2 Å². The fourth-order valence-electron chi connectivity index (χ4n) is 1.78. The van der Waals surface area contributed by atoms with Crippen molar-refractivity contribution in [1.29, 1.82) is 0 Å². The zero-order chi connectivity index (χ0) is 11.5. The number of ether oxygens (including phenoxy) is 1. The van der Waals surface area contributed by atoms with E-state index in [1.54, 1.807) is 18.0 Å². The molecular formula is C12H15N3O. The topological polar surface area (TPSA) is 53.1 Å². The van der Waals surface area contributed by atoms with Crippen LogP contribution in [0.5, 0.6) is 0 Å². The Morgan fingerprint density at radius 1 is 1.44 bits per heavy atom. The first-order valence-corrected chi connectivity index (χ1v) is 5.08. The monoisotopic (exact) mass is 217 g/mol. The Kier molecular flexibility index (Phi) is 2.92. The molecule has 0 amide bonds. The number of benzene rings is 1. The summed E-state index contributed by atoms with van der Waals surface area (Å²) in [6.45, 7) is 0.603. The van der Waals surface area contributed by atoms with E-state index in [0.717, 1.165) is 16.8 Å². The Bertz CT molecular complexity index is 471. The molecule has 84 valence electrons. The fraction of sp³-hybridized carbons (Fsp3) is 0.250. The van der Waals surface area contributed by atoms with E-state index in [-0.39, 0.29) is 0 Å². The number of anilines is 1. The Morgan fingerprint density at radius 3 is 2.88 bits per heavy atom. The van der Waals surface area contributed by atoms with E-state index in [4.69, 9.17) is 10.5 Å². The van der Waals surface area contributed by atoms with E-state index >= 15 is 0 Å². The maximum atomic E-state index is 5.88. The summed E-state index contributed by atoms with van der Waals surface area (Å²) < 4.78 is 6.89. The van der Waals surface area contributed by atoms with Gasteiger partial charge in [-0.15, -0.1) is 0 Å². The third-order valence-electron chi connectivity index (χ3n) is 2.48. The molecule has 2 aromatic rings. The van der Waals surface area contributed by atoms with Crippen molar-refractivity contribution in [2.45, 2.75) is 6.61 Å². The van der Waals surface area contributed by atoms with Gasteiger partial charge in [-0.3, -0.25) is 4.68 Å². The van der Waals surface area contributed by atoms with Crippen molar-refractivity contribution < 1.29 is 4.74 Å². The van der Waals surface area contributed by atoms with Gasteiger partial charge in [-0.2, -0.15) is 5.10 Å². The second kappa shape index (κ2) is 4.37. The van der Waals surface area contributed by atoms with Crippen LogP contribution in [0.15, 0.2) is 30.5 Å². The summed E-state index contributed by atoms with van der Waals surface area (Å²) in [4.78, 5) is 0. The highest BCUT2D eigenvalue weighted by Crippen LogP contribution is 2.25. The second-order valence-electron chi connectivity index (χ2n) is 3.71. The predicted octanol–water partition coefficient (Wildman–Crippen LogP) is 1.82. The van der Waals surface area contributed by atoms with Crippen LogP contribution in [0.1, 0.15) is 5.56 Å². The second-order valence-corrected chi connectivity index (χ2v) is 3.71. The molecule has 1 aromatic carbocycles. The maximum absolute atomic E-state index is 5.88. The molecule has 16 heavy (non-hydrogen) atoms. The molecule has 0 saturated carbocycles. The molecule has 4 heteroatoms. The first-order chi connectivity index (χ1) is 7.72. The van der Waals surface area contributed by atoms with Crippen molar-refractivity contribution in [2.24, 2.45) is 7.05 Å². The van der Waals surface area contributed by atoms with Gasteiger partial charge in [-0.1, -0.05) is 18.2 Å². The highest BCUT2D eigenvalue weighted by atomic mass is 16.5. The standard InChI is InChI=1S/C12H15N3O/c1-15-12(11(13)7-14-15)10-5-3-4-9(6-10)8-16-2/h3-7H,8,13H2,1-2H3. The third kappa shape index (κ3) is 1.92. The van der Waals surface area contributed by atoms with Crippen LogP contribution in [0.25, 0.3) is 11.3 Å². The van der Waals surface area contributed by atoms with E-state index in [0.29, 0.717) is 12.3 Å². The van der Waals surface area contributed by atoms with Gasteiger partial charge < -0.3 is 10.5 Å². The van der Waals surface area contributed by atoms with Crippen LogP contribution in [0.3, 0.4) is 0 Å². The molecule has 0 aliphatic carbocycles. The molecule has 2 rings (SSSR count). The number of nitrogens with two attached hydrogens (primary N) is 1. The van der Waals surface area contributed by atoms with E-state index in [2.05, 4.69) is 11.2 Å². The number of aryl methyl sites for hydroxylation is 1. The number of aromatic nitrogens is 2. The summed E-state index contributed by atoms with van der Waals surface area (Å²) in [7, 11) is 3.57. The number of hydrogen-bond donors (Lipinski definition) is 1.